The van der Waals surface area contributed by atoms with Crippen molar-refractivity contribution in [1.82, 2.24) is 9.55 Å². The summed E-state index contributed by atoms with van der Waals surface area (Å²) in [6.45, 7) is 3.99. The Labute approximate surface area is 128 Å². The second-order valence-electron chi connectivity index (χ2n) is 5.08. The Balaban J connectivity index is 2.30. The first-order chi connectivity index (χ1) is 10.1. The minimum atomic E-state index is -0.289. The lowest BCUT2D eigenvalue weighted by atomic mass is 10.1. The number of benzene rings is 2. The molecule has 0 amide bonds. The number of aromatic nitrogens is 2. The number of rotatable bonds is 3. The number of nitrogens with zero attached hydrogens (tertiary/aromatic N) is 2. The molecule has 3 aromatic rings. The van der Waals surface area contributed by atoms with E-state index in [0.717, 1.165) is 23.4 Å². The molecule has 0 saturated carbocycles. The molecular formula is C17H16ClFN2. The van der Waals surface area contributed by atoms with Crippen molar-refractivity contribution in [3.05, 3.63) is 59.7 Å². The van der Waals surface area contributed by atoms with E-state index in [1.807, 2.05) is 23.6 Å². The van der Waals surface area contributed by atoms with Crippen molar-refractivity contribution in [2.24, 2.45) is 0 Å². The number of halogens is 2. The molecular weight excluding hydrogens is 287 g/mol. The Kier molecular flexibility index (Phi) is 3.68. The zero-order valence-corrected chi connectivity index (χ0v) is 12.7. The zero-order chi connectivity index (χ0) is 15.0. The Morgan fingerprint density at radius 3 is 2.76 bits per heavy atom. The van der Waals surface area contributed by atoms with E-state index in [2.05, 4.69) is 24.0 Å². The molecule has 4 heteroatoms. The highest BCUT2D eigenvalue weighted by molar-refractivity contribution is 6.20. The van der Waals surface area contributed by atoms with Crippen molar-refractivity contribution in [2.75, 3.05) is 0 Å². The minimum absolute atomic E-state index is 0.259. The van der Waals surface area contributed by atoms with Gasteiger partial charge in [-0.05, 0) is 43.2 Å². The fourth-order valence-corrected chi connectivity index (χ4v) is 2.67. The van der Waals surface area contributed by atoms with Gasteiger partial charge in [0.1, 0.15) is 11.6 Å². The molecule has 2 aromatic carbocycles. The van der Waals surface area contributed by atoms with Crippen LogP contribution in [0.3, 0.4) is 0 Å². The van der Waals surface area contributed by atoms with Gasteiger partial charge in [0.2, 0.25) is 0 Å². The van der Waals surface area contributed by atoms with E-state index in [9.17, 15) is 4.39 Å². The monoisotopic (exact) mass is 302 g/mol. The van der Waals surface area contributed by atoms with Crippen LogP contribution < -0.4 is 0 Å². The van der Waals surface area contributed by atoms with E-state index >= 15 is 0 Å². The maximum atomic E-state index is 13.4. The van der Waals surface area contributed by atoms with E-state index < -0.39 is 0 Å². The van der Waals surface area contributed by atoms with Crippen LogP contribution in [0.4, 0.5) is 4.39 Å². The van der Waals surface area contributed by atoms with Crippen LogP contribution in [-0.2, 0) is 6.42 Å². The van der Waals surface area contributed by atoms with E-state index in [1.54, 1.807) is 6.07 Å². The molecule has 0 aliphatic carbocycles. The average Bonchev–Trinajstić information content (AvgIpc) is 2.86. The first kappa shape index (κ1) is 14.1. The van der Waals surface area contributed by atoms with Crippen molar-refractivity contribution in [1.29, 1.82) is 0 Å². The van der Waals surface area contributed by atoms with Gasteiger partial charge in [0, 0.05) is 11.8 Å². The lowest BCUT2D eigenvalue weighted by Crippen LogP contribution is -2.02. The van der Waals surface area contributed by atoms with E-state index in [1.165, 1.54) is 17.7 Å². The summed E-state index contributed by atoms with van der Waals surface area (Å²) in [7, 11) is 0. The van der Waals surface area contributed by atoms with Crippen molar-refractivity contribution in [3.8, 4) is 5.69 Å². The van der Waals surface area contributed by atoms with Crippen LogP contribution in [0, 0.1) is 5.82 Å². The van der Waals surface area contributed by atoms with Gasteiger partial charge in [0.05, 0.1) is 16.4 Å². The predicted molar refractivity (Wildman–Crippen MR) is 84.7 cm³/mol. The summed E-state index contributed by atoms with van der Waals surface area (Å²) in [4.78, 5) is 4.50. The van der Waals surface area contributed by atoms with Crippen molar-refractivity contribution >= 4 is 22.6 Å². The average molecular weight is 303 g/mol. The summed E-state index contributed by atoms with van der Waals surface area (Å²) in [5, 5.41) is -0.259. The van der Waals surface area contributed by atoms with Gasteiger partial charge in [-0.25, -0.2) is 9.37 Å². The molecule has 1 heterocycles. The highest BCUT2D eigenvalue weighted by Crippen LogP contribution is 2.28. The van der Waals surface area contributed by atoms with Gasteiger partial charge >= 0.3 is 0 Å². The van der Waals surface area contributed by atoms with E-state index in [-0.39, 0.29) is 11.2 Å². The molecule has 3 rings (SSSR count). The zero-order valence-electron chi connectivity index (χ0n) is 12.0. The molecule has 0 aliphatic rings. The third-order valence-corrected chi connectivity index (χ3v) is 3.77. The molecule has 2 nitrogen and oxygen atoms in total. The first-order valence-corrected chi connectivity index (χ1v) is 7.45. The third-order valence-electron chi connectivity index (χ3n) is 3.58. The molecule has 1 unspecified atom stereocenters. The van der Waals surface area contributed by atoms with Gasteiger partial charge in [0.15, 0.2) is 0 Å². The number of alkyl halides is 1. The Hall–Kier alpha value is -1.87. The van der Waals surface area contributed by atoms with Crippen LogP contribution in [0.15, 0.2) is 42.5 Å². The summed E-state index contributed by atoms with van der Waals surface area (Å²) in [5.41, 5.74) is 3.74. The van der Waals surface area contributed by atoms with Crippen molar-refractivity contribution in [2.45, 2.75) is 25.6 Å². The van der Waals surface area contributed by atoms with E-state index in [4.69, 9.17) is 11.6 Å². The third kappa shape index (κ3) is 2.54. The molecule has 1 atom stereocenters. The number of aryl methyl sites for hydroxylation is 1. The lowest BCUT2D eigenvalue weighted by Gasteiger charge is -2.11. The van der Waals surface area contributed by atoms with Crippen LogP contribution in [-0.4, -0.2) is 9.55 Å². The molecule has 1 aromatic heterocycles. The van der Waals surface area contributed by atoms with Gasteiger partial charge < -0.3 is 0 Å². The Morgan fingerprint density at radius 1 is 1.24 bits per heavy atom. The van der Waals surface area contributed by atoms with Crippen molar-refractivity contribution < 1.29 is 4.39 Å². The number of fused-ring (bicyclic) bond motifs is 1. The fraction of sp³-hybridized carbons (Fsp3) is 0.235. The molecule has 0 bridgehead atoms. The summed E-state index contributed by atoms with van der Waals surface area (Å²) in [5.74, 6) is 0.439. The first-order valence-electron chi connectivity index (χ1n) is 7.01. The highest BCUT2D eigenvalue weighted by Gasteiger charge is 2.16. The summed E-state index contributed by atoms with van der Waals surface area (Å²) >= 11 is 6.27. The second kappa shape index (κ2) is 5.49. The second-order valence-corrected chi connectivity index (χ2v) is 5.73. The Morgan fingerprint density at radius 2 is 2.05 bits per heavy atom. The smallest absolute Gasteiger partial charge is 0.132 e. The Bertz CT molecular complexity index is 793. The van der Waals surface area contributed by atoms with Crippen LogP contribution in [0.5, 0.6) is 0 Å². The normalized spacial score (nSPS) is 12.8. The standard InChI is InChI=1S/C17H16ClFN2/c1-3-12-5-4-6-14(9-12)21-16-8-7-13(19)10-15(16)20-17(21)11(2)18/h4-11H,3H2,1-2H3. The largest absolute Gasteiger partial charge is 0.295 e. The molecule has 0 saturated heterocycles. The topological polar surface area (TPSA) is 17.8 Å². The van der Waals surface area contributed by atoms with Crippen LogP contribution >= 0.6 is 11.6 Å². The van der Waals surface area contributed by atoms with Crippen LogP contribution in [0.1, 0.15) is 30.6 Å². The number of imidazole rings is 1. The molecule has 21 heavy (non-hydrogen) atoms. The van der Waals surface area contributed by atoms with Gasteiger partial charge in [-0.1, -0.05) is 19.1 Å². The minimum Gasteiger partial charge on any atom is -0.295 e. The van der Waals surface area contributed by atoms with E-state index in [0.29, 0.717) is 5.52 Å². The molecule has 0 N–H and O–H groups in total. The maximum absolute atomic E-state index is 13.4. The molecule has 0 radical (unpaired) electrons. The molecule has 108 valence electrons. The molecule has 0 spiro atoms. The van der Waals surface area contributed by atoms with Gasteiger partial charge in [-0.15, -0.1) is 11.6 Å². The van der Waals surface area contributed by atoms with Gasteiger partial charge in [-0.2, -0.15) is 0 Å². The number of hydrogen-bond acceptors (Lipinski definition) is 1. The van der Waals surface area contributed by atoms with Crippen LogP contribution in [0.25, 0.3) is 16.7 Å². The summed E-state index contributed by atoms with van der Waals surface area (Å²) in [6, 6.07) is 12.9. The summed E-state index contributed by atoms with van der Waals surface area (Å²) < 4.78 is 15.4. The summed E-state index contributed by atoms with van der Waals surface area (Å²) in [6.07, 6.45) is 0.959. The fourth-order valence-electron chi connectivity index (χ4n) is 2.53. The maximum Gasteiger partial charge on any atom is 0.132 e. The molecule has 0 aliphatic heterocycles. The highest BCUT2D eigenvalue weighted by atomic mass is 35.5. The van der Waals surface area contributed by atoms with Gasteiger partial charge in [-0.3, -0.25) is 4.57 Å². The van der Waals surface area contributed by atoms with Crippen LogP contribution in [0.2, 0.25) is 0 Å². The SMILES string of the molecule is CCc1cccc(-n2c(C(C)Cl)nc3cc(F)ccc32)c1. The number of hydrogen-bond donors (Lipinski definition) is 0. The quantitative estimate of drug-likeness (QED) is 0.621. The predicted octanol–water partition coefficient (Wildman–Crippen LogP) is 5.03. The lowest BCUT2D eigenvalue weighted by molar-refractivity contribution is 0.629. The molecule has 0 fully saturated rings. The van der Waals surface area contributed by atoms with Gasteiger partial charge in [0.25, 0.3) is 0 Å². The van der Waals surface area contributed by atoms with Crippen molar-refractivity contribution in [3.63, 3.8) is 0 Å².